The number of hydrogen-bond donors (Lipinski definition) is 1. The molecule has 2 aliphatic rings. The molecule has 0 radical (unpaired) electrons. The number of aromatic nitrogens is 7. The predicted octanol–water partition coefficient (Wildman–Crippen LogP) is 1.59. The highest BCUT2D eigenvalue weighted by Gasteiger charge is 2.34. The maximum Gasteiger partial charge on any atom is 0.276 e. The lowest BCUT2D eigenvalue weighted by Gasteiger charge is -2.21. The van der Waals surface area contributed by atoms with Crippen LogP contribution in [0.25, 0.3) is 11.2 Å². The molecule has 2 fully saturated rings. The van der Waals surface area contributed by atoms with Crippen molar-refractivity contribution in [2.45, 2.75) is 38.1 Å². The van der Waals surface area contributed by atoms with Crippen molar-refractivity contribution in [1.82, 2.24) is 39.1 Å². The predicted molar refractivity (Wildman–Crippen MR) is 117 cm³/mol. The van der Waals surface area contributed by atoms with E-state index in [1.807, 2.05) is 18.3 Å². The highest BCUT2D eigenvalue weighted by molar-refractivity contribution is 5.42. The summed E-state index contributed by atoms with van der Waals surface area (Å²) in [5, 5.41) is 9.18. The third-order valence-electron chi connectivity index (χ3n) is 6.74. The van der Waals surface area contributed by atoms with Crippen molar-refractivity contribution >= 4 is 11.2 Å². The molecule has 6 rings (SSSR count). The zero-order chi connectivity index (χ0) is 21.7. The molecule has 0 aromatic carbocycles. The van der Waals surface area contributed by atoms with Crippen LogP contribution < -0.4 is 5.56 Å². The molecular formula is C22H26N8O2. The summed E-state index contributed by atoms with van der Waals surface area (Å²) in [5.41, 5.74) is 2.22. The van der Waals surface area contributed by atoms with E-state index in [1.54, 1.807) is 21.4 Å². The molecule has 32 heavy (non-hydrogen) atoms. The number of rotatable bonds is 4. The van der Waals surface area contributed by atoms with E-state index < -0.39 is 0 Å². The number of nitrogens with zero attached hydrogens (tertiary/aromatic N) is 7. The fourth-order valence-corrected chi connectivity index (χ4v) is 5.07. The molecule has 2 atom stereocenters. The minimum absolute atomic E-state index is 0.127. The summed E-state index contributed by atoms with van der Waals surface area (Å²) in [6.07, 6.45) is 7.19. The van der Waals surface area contributed by atoms with Gasteiger partial charge in [0.15, 0.2) is 11.2 Å². The number of imidazole rings is 2. The van der Waals surface area contributed by atoms with Gasteiger partial charge in [-0.15, -0.1) is 0 Å². The number of ether oxygens (including phenoxy) is 1. The molecule has 2 saturated heterocycles. The first-order valence-corrected chi connectivity index (χ1v) is 11.2. The van der Waals surface area contributed by atoms with Crippen molar-refractivity contribution in [2.75, 3.05) is 26.3 Å². The van der Waals surface area contributed by atoms with Crippen LogP contribution in [0.15, 0.2) is 35.5 Å². The zero-order valence-electron chi connectivity index (χ0n) is 18.0. The van der Waals surface area contributed by atoms with Crippen LogP contribution >= 0.6 is 0 Å². The lowest BCUT2D eigenvalue weighted by molar-refractivity contribution is 0.0832. The third-order valence-corrected chi connectivity index (χ3v) is 6.74. The van der Waals surface area contributed by atoms with Crippen LogP contribution in [0.1, 0.15) is 48.9 Å². The van der Waals surface area contributed by atoms with E-state index in [-0.39, 0.29) is 17.4 Å². The van der Waals surface area contributed by atoms with Crippen molar-refractivity contribution in [3.8, 4) is 0 Å². The molecule has 0 bridgehead atoms. The zero-order valence-corrected chi connectivity index (χ0v) is 18.0. The molecule has 10 heteroatoms. The van der Waals surface area contributed by atoms with Gasteiger partial charge in [-0.2, -0.15) is 10.2 Å². The van der Waals surface area contributed by atoms with E-state index in [9.17, 15) is 4.79 Å². The molecule has 166 valence electrons. The standard InChI is InChI=1S/C22H26N8O2/c1-14-10-28(11-16-12-29-19(25-16)3-2-6-24-29)13-17(14)20-26-22(31)18-9-23-21(30(18)27-20)15-4-7-32-8-5-15/h2-3,6,9,12,14-15,17H,4-5,7-8,10-11,13H2,1H3,(H,26,27,31). The van der Waals surface area contributed by atoms with Crippen LogP contribution in [0.3, 0.4) is 0 Å². The number of aromatic amines is 1. The Balaban J connectivity index is 1.27. The normalized spacial score (nSPS) is 22.9. The summed E-state index contributed by atoms with van der Waals surface area (Å²) >= 11 is 0. The van der Waals surface area contributed by atoms with Gasteiger partial charge in [-0.1, -0.05) is 6.92 Å². The topological polar surface area (TPSA) is 106 Å². The molecule has 10 nitrogen and oxygen atoms in total. The molecule has 4 aromatic rings. The average Bonchev–Trinajstić information content (AvgIpc) is 3.50. The molecule has 4 aromatic heterocycles. The fourth-order valence-electron chi connectivity index (χ4n) is 5.07. The van der Waals surface area contributed by atoms with Gasteiger partial charge in [-0.25, -0.2) is 19.0 Å². The molecule has 1 N–H and O–H groups in total. The van der Waals surface area contributed by atoms with Crippen molar-refractivity contribution in [3.63, 3.8) is 0 Å². The van der Waals surface area contributed by atoms with Gasteiger partial charge in [0.05, 0.1) is 18.1 Å². The van der Waals surface area contributed by atoms with Crippen LogP contribution in [-0.2, 0) is 11.3 Å². The number of H-pyrrole nitrogens is 1. The monoisotopic (exact) mass is 434 g/mol. The van der Waals surface area contributed by atoms with Gasteiger partial charge in [-0.05, 0) is 30.9 Å². The minimum Gasteiger partial charge on any atom is -0.381 e. The summed E-state index contributed by atoms with van der Waals surface area (Å²) in [7, 11) is 0. The molecular weight excluding hydrogens is 408 g/mol. The second-order valence-corrected chi connectivity index (χ2v) is 8.98. The summed E-state index contributed by atoms with van der Waals surface area (Å²) in [6.45, 7) is 6.15. The number of nitrogens with one attached hydrogen (secondary N) is 1. The highest BCUT2D eigenvalue weighted by atomic mass is 16.5. The molecule has 0 saturated carbocycles. The highest BCUT2D eigenvalue weighted by Crippen LogP contribution is 2.31. The fraction of sp³-hybridized carbons (Fsp3) is 0.500. The first kappa shape index (κ1) is 19.6. The van der Waals surface area contributed by atoms with Crippen molar-refractivity contribution in [1.29, 1.82) is 0 Å². The van der Waals surface area contributed by atoms with Gasteiger partial charge >= 0.3 is 0 Å². The van der Waals surface area contributed by atoms with E-state index in [0.717, 1.165) is 68.7 Å². The largest absolute Gasteiger partial charge is 0.381 e. The van der Waals surface area contributed by atoms with Crippen LogP contribution in [-0.4, -0.2) is 65.4 Å². The van der Waals surface area contributed by atoms with Crippen LogP contribution in [0.5, 0.6) is 0 Å². The van der Waals surface area contributed by atoms with Crippen LogP contribution in [0.4, 0.5) is 0 Å². The maximum absolute atomic E-state index is 12.8. The summed E-state index contributed by atoms with van der Waals surface area (Å²) in [4.78, 5) is 27.5. The third kappa shape index (κ3) is 3.39. The molecule has 0 amide bonds. The van der Waals surface area contributed by atoms with E-state index in [2.05, 4.69) is 31.9 Å². The van der Waals surface area contributed by atoms with Crippen molar-refractivity contribution in [3.05, 3.63) is 58.4 Å². The number of likely N-dealkylation sites (tertiary alicyclic amines) is 1. The van der Waals surface area contributed by atoms with Crippen LogP contribution in [0, 0.1) is 5.92 Å². The maximum atomic E-state index is 12.8. The lowest BCUT2D eigenvalue weighted by atomic mass is 9.97. The Bertz CT molecular complexity index is 1290. The molecule has 2 unspecified atom stereocenters. The lowest BCUT2D eigenvalue weighted by Crippen LogP contribution is -2.24. The summed E-state index contributed by atoms with van der Waals surface area (Å²) < 4.78 is 9.06. The molecule has 6 heterocycles. The second kappa shape index (κ2) is 7.79. The summed E-state index contributed by atoms with van der Waals surface area (Å²) in [6, 6.07) is 3.85. The first-order valence-electron chi connectivity index (χ1n) is 11.2. The average molecular weight is 435 g/mol. The van der Waals surface area contributed by atoms with Gasteiger partial charge in [0, 0.05) is 50.9 Å². The van der Waals surface area contributed by atoms with Crippen LogP contribution in [0.2, 0.25) is 0 Å². The van der Waals surface area contributed by atoms with E-state index in [4.69, 9.17) is 9.84 Å². The Hall–Kier alpha value is -3.11. The second-order valence-electron chi connectivity index (χ2n) is 8.98. The summed E-state index contributed by atoms with van der Waals surface area (Å²) in [5.74, 6) is 2.39. The number of fused-ring (bicyclic) bond motifs is 2. The molecule has 0 spiro atoms. The first-order chi connectivity index (χ1) is 15.7. The van der Waals surface area contributed by atoms with Gasteiger partial charge in [0.25, 0.3) is 5.56 Å². The van der Waals surface area contributed by atoms with Gasteiger partial charge < -0.3 is 9.72 Å². The van der Waals surface area contributed by atoms with Gasteiger partial charge in [0.1, 0.15) is 11.6 Å². The van der Waals surface area contributed by atoms with E-state index in [1.165, 1.54) is 0 Å². The Morgan fingerprint density at radius 3 is 2.97 bits per heavy atom. The van der Waals surface area contributed by atoms with Gasteiger partial charge in [0.2, 0.25) is 0 Å². The van der Waals surface area contributed by atoms with E-state index in [0.29, 0.717) is 11.4 Å². The quantitative estimate of drug-likeness (QED) is 0.520. The molecule has 0 aliphatic carbocycles. The minimum atomic E-state index is -0.127. The Labute approximate surface area is 184 Å². The van der Waals surface area contributed by atoms with E-state index >= 15 is 0 Å². The number of hydrogen-bond acceptors (Lipinski definition) is 7. The molecule has 2 aliphatic heterocycles. The van der Waals surface area contributed by atoms with Crippen molar-refractivity contribution in [2.24, 2.45) is 5.92 Å². The Kier molecular flexibility index (Phi) is 4.76. The van der Waals surface area contributed by atoms with Crippen molar-refractivity contribution < 1.29 is 4.74 Å². The SMILES string of the molecule is CC1CN(Cc2cn3ncccc3n2)CC1c1nn2c(C3CCOCC3)ncc2c(=O)[nH]1. The van der Waals surface area contributed by atoms with Gasteiger partial charge in [-0.3, -0.25) is 9.69 Å². The smallest absolute Gasteiger partial charge is 0.276 e. The Morgan fingerprint density at radius 2 is 2.12 bits per heavy atom. The Morgan fingerprint density at radius 1 is 1.25 bits per heavy atom.